The Kier molecular flexibility index (Phi) is 6.72. The second kappa shape index (κ2) is 8.29. The maximum atomic E-state index is 12.3. The molecular weight excluding hydrogens is 268 g/mol. The van der Waals surface area contributed by atoms with Gasteiger partial charge in [0.2, 0.25) is 0 Å². The first-order valence-corrected chi connectivity index (χ1v) is 7.30. The van der Waals surface area contributed by atoms with E-state index in [0.717, 1.165) is 11.3 Å². The van der Waals surface area contributed by atoms with Gasteiger partial charge in [-0.3, -0.25) is 9.69 Å². The zero-order chi connectivity index (χ0) is 15.8. The molecule has 0 saturated heterocycles. The van der Waals surface area contributed by atoms with Crippen LogP contribution in [0.1, 0.15) is 38.7 Å². The number of carboxylic acid groups (broad SMARTS) is 1. The molecule has 0 fully saturated rings. The lowest BCUT2D eigenvalue weighted by Gasteiger charge is -2.24. The van der Waals surface area contributed by atoms with Crippen molar-refractivity contribution >= 4 is 17.7 Å². The summed E-state index contributed by atoms with van der Waals surface area (Å²) < 4.78 is 0. The van der Waals surface area contributed by atoms with Crippen molar-refractivity contribution in [2.24, 2.45) is 0 Å². The van der Waals surface area contributed by atoms with Crippen LogP contribution in [0.4, 0.5) is 10.5 Å². The van der Waals surface area contributed by atoms with Crippen LogP contribution in [0.25, 0.3) is 0 Å². The average Bonchev–Trinajstić information content (AvgIpc) is 2.39. The van der Waals surface area contributed by atoms with Crippen LogP contribution < -0.4 is 10.2 Å². The highest BCUT2D eigenvalue weighted by Gasteiger charge is 2.16. The number of carbonyl (C=O) groups is 2. The second-order valence-corrected chi connectivity index (χ2v) is 5.22. The molecule has 1 aromatic rings. The van der Waals surface area contributed by atoms with E-state index < -0.39 is 5.97 Å². The first-order chi connectivity index (χ1) is 9.93. The molecule has 0 heterocycles. The third-order valence-corrected chi connectivity index (χ3v) is 3.27. The molecule has 0 saturated carbocycles. The van der Waals surface area contributed by atoms with Gasteiger partial charge in [0.1, 0.15) is 0 Å². The lowest BCUT2D eigenvalue weighted by Crippen LogP contribution is -2.44. The number of hydrogen-bond acceptors (Lipinski definition) is 2. The van der Waals surface area contributed by atoms with Crippen LogP contribution in [0.2, 0.25) is 0 Å². The van der Waals surface area contributed by atoms with Crippen molar-refractivity contribution in [1.82, 2.24) is 5.32 Å². The lowest BCUT2D eigenvalue weighted by atomic mass is 10.1. The van der Waals surface area contributed by atoms with E-state index >= 15 is 0 Å². The minimum atomic E-state index is -0.802. The molecule has 1 unspecified atom stereocenters. The molecular formula is C16H24N2O3. The molecule has 0 bridgehead atoms. The van der Waals surface area contributed by atoms with E-state index in [1.54, 1.807) is 4.90 Å². The average molecular weight is 292 g/mol. The number of benzene rings is 1. The molecule has 2 N–H and O–H groups in total. The summed E-state index contributed by atoms with van der Waals surface area (Å²) in [6.45, 7) is 6.39. The predicted molar refractivity (Wildman–Crippen MR) is 83.7 cm³/mol. The molecule has 5 heteroatoms. The van der Waals surface area contributed by atoms with Gasteiger partial charge in [0.25, 0.3) is 0 Å². The third-order valence-electron chi connectivity index (χ3n) is 3.27. The van der Waals surface area contributed by atoms with Gasteiger partial charge in [0.15, 0.2) is 0 Å². The number of aryl methyl sites for hydroxylation is 1. The van der Waals surface area contributed by atoms with Crippen molar-refractivity contribution in [2.45, 2.75) is 46.1 Å². The van der Waals surface area contributed by atoms with Crippen LogP contribution in [0, 0.1) is 6.92 Å². The second-order valence-electron chi connectivity index (χ2n) is 5.22. The maximum absolute atomic E-state index is 12.3. The van der Waals surface area contributed by atoms with Gasteiger partial charge in [0, 0.05) is 24.7 Å². The number of nitrogens with zero attached hydrogens (tertiary/aromatic N) is 1. The van der Waals surface area contributed by atoms with E-state index in [0.29, 0.717) is 19.4 Å². The smallest absolute Gasteiger partial charge is 0.322 e. The molecule has 1 atom stereocenters. The summed E-state index contributed by atoms with van der Waals surface area (Å²) in [5.74, 6) is -0.802. The molecule has 21 heavy (non-hydrogen) atoms. The number of rotatable bonds is 7. The Morgan fingerprint density at radius 2 is 2.10 bits per heavy atom. The molecule has 0 aromatic heterocycles. The summed E-state index contributed by atoms with van der Waals surface area (Å²) in [5, 5.41) is 11.5. The number of hydrogen-bond donors (Lipinski definition) is 2. The molecule has 1 aromatic carbocycles. The largest absolute Gasteiger partial charge is 0.481 e. The minimum Gasteiger partial charge on any atom is -0.481 e. The number of anilines is 1. The van der Waals surface area contributed by atoms with Crippen LogP contribution in [-0.2, 0) is 4.79 Å². The monoisotopic (exact) mass is 292 g/mol. The zero-order valence-electron chi connectivity index (χ0n) is 12.9. The van der Waals surface area contributed by atoms with Gasteiger partial charge >= 0.3 is 12.0 Å². The van der Waals surface area contributed by atoms with E-state index in [-0.39, 0.29) is 18.5 Å². The van der Waals surface area contributed by atoms with Crippen molar-refractivity contribution in [3.8, 4) is 0 Å². The van der Waals surface area contributed by atoms with E-state index in [2.05, 4.69) is 5.32 Å². The Labute approximate surface area is 126 Å². The quantitative estimate of drug-likeness (QED) is 0.811. The maximum Gasteiger partial charge on any atom is 0.322 e. The van der Waals surface area contributed by atoms with E-state index in [1.807, 2.05) is 45.0 Å². The van der Waals surface area contributed by atoms with Crippen LogP contribution in [0.3, 0.4) is 0 Å². The van der Waals surface area contributed by atoms with Crippen LogP contribution in [0.15, 0.2) is 24.3 Å². The Bertz CT molecular complexity index is 488. The molecule has 0 aliphatic heterocycles. The summed E-state index contributed by atoms with van der Waals surface area (Å²) in [7, 11) is 0. The minimum absolute atomic E-state index is 0.0456. The number of carbonyl (C=O) groups excluding carboxylic acids is 1. The van der Waals surface area contributed by atoms with Crippen molar-refractivity contribution in [3.05, 3.63) is 29.8 Å². The highest BCUT2D eigenvalue weighted by Crippen LogP contribution is 2.16. The van der Waals surface area contributed by atoms with Crippen molar-refractivity contribution in [2.75, 3.05) is 11.4 Å². The summed E-state index contributed by atoms with van der Waals surface area (Å²) in [6.07, 6.45) is 1.35. The van der Waals surface area contributed by atoms with Gasteiger partial charge in [-0.1, -0.05) is 12.1 Å². The van der Waals surface area contributed by atoms with Crippen molar-refractivity contribution in [3.63, 3.8) is 0 Å². The standard InChI is InChI=1S/C16H24N2O3/c1-4-18(14-9-5-7-12(2)11-14)16(21)17-13(3)8-6-10-15(19)20/h5,7,9,11,13H,4,6,8,10H2,1-3H3,(H,17,21)(H,19,20). The topological polar surface area (TPSA) is 69.6 Å². The van der Waals surface area contributed by atoms with E-state index in [9.17, 15) is 9.59 Å². The number of aliphatic carboxylic acids is 1. The number of nitrogens with one attached hydrogen (secondary N) is 1. The van der Waals surface area contributed by atoms with Gasteiger partial charge in [-0.15, -0.1) is 0 Å². The fourth-order valence-corrected chi connectivity index (χ4v) is 2.16. The fraction of sp³-hybridized carbons (Fsp3) is 0.500. The van der Waals surface area contributed by atoms with Gasteiger partial charge in [-0.25, -0.2) is 4.79 Å². The van der Waals surface area contributed by atoms with Crippen LogP contribution in [0.5, 0.6) is 0 Å². The summed E-state index contributed by atoms with van der Waals surface area (Å²) in [5.41, 5.74) is 1.97. The van der Waals surface area contributed by atoms with Gasteiger partial charge < -0.3 is 10.4 Å². The Balaban J connectivity index is 2.57. The summed E-state index contributed by atoms with van der Waals surface area (Å²) >= 11 is 0. The highest BCUT2D eigenvalue weighted by molar-refractivity contribution is 5.92. The molecule has 0 radical (unpaired) electrons. The Hall–Kier alpha value is -2.04. The zero-order valence-corrected chi connectivity index (χ0v) is 12.9. The van der Waals surface area contributed by atoms with Crippen molar-refractivity contribution < 1.29 is 14.7 Å². The Morgan fingerprint density at radius 1 is 1.38 bits per heavy atom. The molecule has 0 spiro atoms. The molecule has 2 amide bonds. The normalized spacial score (nSPS) is 11.8. The van der Waals surface area contributed by atoms with Gasteiger partial charge in [-0.2, -0.15) is 0 Å². The predicted octanol–water partition coefficient (Wildman–Crippen LogP) is 3.17. The lowest BCUT2D eigenvalue weighted by molar-refractivity contribution is -0.137. The molecule has 0 aliphatic carbocycles. The molecule has 5 nitrogen and oxygen atoms in total. The van der Waals surface area contributed by atoms with Crippen molar-refractivity contribution in [1.29, 1.82) is 0 Å². The third kappa shape index (κ3) is 5.85. The number of amides is 2. The van der Waals surface area contributed by atoms with Gasteiger partial charge in [0.05, 0.1) is 0 Å². The van der Waals surface area contributed by atoms with Crippen LogP contribution >= 0.6 is 0 Å². The molecule has 0 aliphatic rings. The summed E-state index contributed by atoms with van der Waals surface area (Å²) in [4.78, 5) is 24.5. The SMILES string of the molecule is CCN(C(=O)NC(C)CCCC(=O)O)c1cccc(C)c1. The van der Waals surface area contributed by atoms with Gasteiger partial charge in [-0.05, 0) is 51.3 Å². The fourth-order valence-electron chi connectivity index (χ4n) is 2.16. The summed E-state index contributed by atoms with van der Waals surface area (Å²) in [6, 6.07) is 7.60. The molecule has 1 rings (SSSR count). The van der Waals surface area contributed by atoms with E-state index in [4.69, 9.17) is 5.11 Å². The molecule has 116 valence electrons. The van der Waals surface area contributed by atoms with Crippen LogP contribution in [-0.4, -0.2) is 29.7 Å². The Morgan fingerprint density at radius 3 is 2.67 bits per heavy atom. The first-order valence-electron chi connectivity index (χ1n) is 7.30. The van der Waals surface area contributed by atoms with E-state index in [1.165, 1.54) is 0 Å². The highest BCUT2D eigenvalue weighted by atomic mass is 16.4. The number of urea groups is 1. The first kappa shape index (κ1) is 17.0. The number of carboxylic acids is 1.